The topological polar surface area (TPSA) is 0 Å². The van der Waals surface area contributed by atoms with Gasteiger partial charge in [0.2, 0.25) is 11.7 Å². The molecule has 0 nitrogen and oxygen atoms in total. The zero-order valence-electron chi connectivity index (χ0n) is 7.54. The van der Waals surface area contributed by atoms with Crippen molar-refractivity contribution < 1.29 is 52.7 Å². The van der Waals surface area contributed by atoms with Crippen LogP contribution in [-0.4, -0.2) is 24.2 Å². The van der Waals surface area contributed by atoms with E-state index in [2.05, 4.69) is 0 Å². The van der Waals surface area contributed by atoms with Crippen molar-refractivity contribution in [2.45, 2.75) is 24.2 Å². The molecule has 0 amide bonds. The maximum absolute atomic E-state index is 12.2. The molecule has 0 atom stereocenters. The van der Waals surface area contributed by atoms with E-state index >= 15 is 0 Å². The summed E-state index contributed by atoms with van der Waals surface area (Å²) in [6.45, 7) is 0. The molecule has 0 aliphatic carbocycles. The van der Waals surface area contributed by atoms with E-state index in [4.69, 9.17) is 0 Å². The highest BCUT2D eigenvalue weighted by Gasteiger charge is 2.76. The molecule has 0 N–H and O–H groups in total. The SMILES string of the molecule is F/C(=C(/F)C(F)(F)C(F)(F)C(F)(F)F)C(F)(F)F. The maximum Gasteiger partial charge on any atom is 0.460 e. The molecule has 0 heterocycles. The Bertz CT molecular complexity index is 341. The Balaban J connectivity index is 5.83. The Morgan fingerprint density at radius 2 is 0.889 bits per heavy atom. The first kappa shape index (κ1) is 16.9. The molecular weight excluding hydrogens is 300 g/mol. The van der Waals surface area contributed by atoms with Crippen LogP contribution in [0.15, 0.2) is 11.7 Å². The number of hydrogen-bond donors (Lipinski definition) is 0. The van der Waals surface area contributed by atoms with Crippen LogP contribution in [0, 0.1) is 0 Å². The molecule has 18 heavy (non-hydrogen) atoms. The zero-order valence-corrected chi connectivity index (χ0v) is 7.54. The van der Waals surface area contributed by atoms with E-state index in [1.165, 1.54) is 0 Å². The quantitative estimate of drug-likeness (QED) is 0.657. The van der Waals surface area contributed by atoms with Crippen molar-refractivity contribution in [2.24, 2.45) is 0 Å². The lowest BCUT2D eigenvalue weighted by atomic mass is 10.1. The first-order valence-corrected chi connectivity index (χ1v) is 3.52. The van der Waals surface area contributed by atoms with Crippen molar-refractivity contribution in [3.05, 3.63) is 11.7 Å². The van der Waals surface area contributed by atoms with Crippen molar-refractivity contribution in [2.75, 3.05) is 0 Å². The summed E-state index contributed by atoms with van der Waals surface area (Å²) in [6.07, 6.45) is -13.5. The molecule has 0 rings (SSSR count). The summed E-state index contributed by atoms with van der Waals surface area (Å²) in [5.74, 6) is -23.1. The molecule has 0 saturated heterocycles. The minimum atomic E-state index is -7.20. The lowest BCUT2D eigenvalue weighted by Crippen LogP contribution is -2.52. The van der Waals surface area contributed by atoms with Gasteiger partial charge in [-0.2, -0.15) is 48.3 Å². The number of halogens is 12. The molecule has 0 aliphatic heterocycles. The first-order chi connectivity index (χ1) is 7.57. The van der Waals surface area contributed by atoms with Gasteiger partial charge in [-0.3, -0.25) is 0 Å². The van der Waals surface area contributed by atoms with Gasteiger partial charge >= 0.3 is 24.2 Å². The fourth-order valence-corrected chi connectivity index (χ4v) is 0.578. The van der Waals surface area contributed by atoms with Gasteiger partial charge in [0.25, 0.3) is 0 Å². The fraction of sp³-hybridized carbons (Fsp3) is 0.667. The van der Waals surface area contributed by atoms with Crippen LogP contribution >= 0.6 is 0 Å². The van der Waals surface area contributed by atoms with Crippen molar-refractivity contribution >= 4 is 0 Å². The highest BCUT2D eigenvalue weighted by molar-refractivity contribution is 5.18. The molecule has 0 aromatic carbocycles. The Labute approximate surface area is 89.9 Å². The van der Waals surface area contributed by atoms with Crippen LogP contribution < -0.4 is 0 Å². The summed E-state index contributed by atoms with van der Waals surface area (Å²) in [5.41, 5.74) is 0. The molecule has 0 radical (unpaired) electrons. The molecular formula is C6F12. The van der Waals surface area contributed by atoms with Gasteiger partial charge < -0.3 is 0 Å². The summed E-state index contributed by atoms with van der Waals surface area (Å²) >= 11 is 0. The number of hydrogen-bond acceptors (Lipinski definition) is 0. The van der Waals surface area contributed by atoms with Crippen LogP contribution in [0.2, 0.25) is 0 Å². The smallest absolute Gasteiger partial charge is 0.202 e. The third-order valence-electron chi connectivity index (χ3n) is 1.47. The minimum absolute atomic E-state index is 4.36. The molecule has 12 heteroatoms. The number of rotatable bonds is 2. The zero-order chi connectivity index (χ0) is 15.2. The van der Waals surface area contributed by atoms with Crippen molar-refractivity contribution in [3.8, 4) is 0 Å². The molecule has 0 bridgehead atoms. The fourth-order valence-electron chi connectivity index (χ4n) is 0.578. The van der Waals surface area contributed by atoms with Crippen LogP contribution in [0.3, 0.4) is 0 Å². The summed E-state index contributed by atoms with van der Waals surface area (Å²) < 4.78 is 141. The van der Waals surface area contributed by atoms with Gasteiger partial charge in [0, 0.05) is 0 Å². The normalized spacial score (nSPS) is 16.7. The van der Waals surface area contributed by atoms with E-state index < -0.39 is 35.9 Å². The number of allylic oxidation sites excluding steroid dienone is 2. The van der Waals surface area contributed by atoms with Gasteiger partial charge in [-0.05, 0) is 0 Å². The summed E-state index contributed by atoms with van der Waals surface area (Å²) in [5, 5.41) is 0. The average Bonchev–Trinajstić information content (AvgIpc) is 2.11. The molecule has 0 aliphatic rings. The van der Waals surface area contributed by atoms with E-state index in [9.17, 15) is 52.7 Å². The average molecular weight is 300 g/mol. The molecule has 108 valence electrons. The molecule has 0 saturated carbocycles. The van der Waals surface area contributed by atoms with Crippen LogP contribution in [0.4, 0.5) is 52.7 Å². The van der Waals surface area contributed by atoms with Gasteiger partial charge in [0.15, 0.2) is 0 Å². The summed E-state index contributed by atoms with van der Waals surface area (Å²) in [7, 11) is 0. The molecule has 0 aromatic heterocycles. The first-order valence-electron chi connectivity index (χ1n) is 3.52. The minimum Gasteiger partial charge on any atom is -0.202 e. The Hall–Kier alpha value is -1.10. The van der Waals surface area contributed by atoms with E-state index in [-0.39, 0.29) is 0 Å². The number of alkyl halides is 10. The maximum atomic E-state index is 12.2. The van der Waals surface area contributed by atoms with Crippen LogP contribution in [0.25, 0.3) is 0 Å². The molecule has 0 spiro atoms. The van der Waals surface area contributed by atoms with Gasteiger partial charge in [-0.15, -0.1) is 0 Å². The Morgan fingerprint density at radius 3 is 1.11 bits per heavy atom. The van der Waals surface area contributed by atoms with E-state index in [1.807, 2.05) is 0 Å². The third-order valence-corrected chi connectivity index (χ3v) is 1.47. The van der Waals surface area contributed by atoms with Crippen molar-refractivity contribution in [1.82, 2.24) is 0 Å². The van der Waals surface area contributed by atoms with Gasteiger partial charge in [-0.1, -0.05) is 0 Å². The van der Waals surface area contributed by atoms with Crippen LogP contribution in [0.5, 0.6) is 0 Å². The largest absolute Gasteiger partial charge is 0.460 e. The highest BCUT2D eigenvalue weighted by Crippen LogP contribution is 2.51. The summed E-state index contributed by atoms with van der Waals surface area (Å²) in [6, 6.07) is 0. The van der Waals surface area contributed by atoms with Crippen LogP contribution in [0.1, 0.15) is 0 Å². The Morgan fingerprint density at radius 1 is 0.556 bits per heavy atom. The highest BCUT2D eigenvalue weighted by atomic mass is 19.4. The molecule has 0 unspecified atom stereocenters. The van der Waals surface area contributed by atoms with Gasteiger partial charge in [0.05, 0.1) is 0 Å². The monoisotopic (exact) mass is 300 g/mol. The second kappa shape index (κ2) is 4.23. The second-order valence-electron chi connectivity index (χ2n) is 2.77. The van der Waals surface area contributed by atoms with Gasteiger partial charge in [0.1, 0.15) is 0 Å². The lowest BCUT2D eigenvalue weighted by Gasteiger charge is -2.27. The predicted molar refractivity (Wildman–Crippen MR) is 31.2 cm³/mol. The second-order valence-corrected chi connectivity index (χ2v) is 2.77. The molecule has 0 aromatic rings. The Kier molecular flexibility index (Phi) is 3.97. The van der Waals surface area contributed by atoms with E-state index in [1.54, 1.807) is 0 Å². The van der Waals surface area contributed by atoms with Crippen molar-refractivity contribution in [3.63, 3.8) is 0 Å². The van der Waals surface area contributed by atoms with Crippen LogP contribution in [-0.2, 0) is 0 Å². The van der Waals surface area contributed by atoms with Gasteiger partial charge in [-0.25, -0.2) is 4.39 Å². The van der Waals surface area contributed by atoms with E-state index in [0.29, 0.717) is 0 Å². The predicted octanol–water partition coefficient (Wildman–Crippen LogP) is 4.53. The van der Waals surface area contributed by atoms with E-state index in [0.717, 1.165) is 0 Å². The lowest BCUT2D eigenvalue weighted by molar-refractivity contribution is -0.348. The molecule has 0 fully saturated rings. The van der Waals surface area contributed by atoms with Crippen molar-refractivity contribution in [1.29, 1.82) is 0 Å². The standard InChI is InChI=1S/C6F12/c7-1(2(8)4(11,12)13)3(9,10)5(14,15)6(16,17)18/b2-1+. The third kappa shape index (κ3) is 2.66. The summed E-state index contributed by atoms with van der Waals surface area (Å²) in [4.78, 5) is 0.